The first-order chi connectivity index (χ1) is 31.7. The molecule has 0 N–H and O–H groups in total. The molecule has 12 aromatic rings. The molecule has 64 heavy (non-hydrogen) atoms. The van der Waals surface area contributed by atoms with Gasteiger partial charge in [-0.05, 0) is 126 Å². The first-order valence-electron chi connectivity index (χ1n) is 21.9. The van der Waals surface area contributed by atoms with Crippen LogP contribution in [-0.4, -0.2) is 0 Å². The van der Waals surface area contributed by atoms with Crippen LogP contribution in [0.3, 0.4) is 0 Å². The van der Waals surface area contributed by atoms with E-state index in [0.29, 0.717) is 0 Å². The molecule has 0 fully saturated rings. The summed E-state index contributed by atoms with van der Waals surface area (Å²) in [6, 6.07) is 91.1. The van der Waals surface area contributed by atoms with Crippen molar-refractivity contribution in [2.24, 2.45) is 0 Å². The van der Waals surface area contributed by atoms with E-state index in [-0.39, 0.29) is 0 Å². The van der Waals surface area contributed by atoms with Gasteiger partial charge in [0.1, 0.15) is 0 Å². The fourth-order valence-electron chi connectivity index (χ4n) is 9.68. The van der Waals surface area contributed by atoms with Gasteiger partial charge in [0.05, 0.1) is 5.69 Å². The highest BCUT2D eigenvalue weighted by molar-refractivity contribution is 7.25. The first-order valence-corrected chi connectivity index (χ1v) is 22.7. The molecular weight excluding hydrogens is 791 g/mol. The highest BCUT2D eigenvalue weighted by Crippen LogP contribution is 2.48. The standard InChI is InChI=1S/C62H41NS/c1-5-18-42(19-6-1)47-33-36-58(55(39-47)43-20-7-2-8-21-43)63(50-34-37-60-56(41-50)53-29-15-16-31-59(53)64-60)49-27-17-26-46(38-49)48-32-35-52-51-28-13-14-30-54(51)61(44-22-9-3-10-23-44)62(57(52)40-48)45-24-11-4-12-25-45/h1-41H. The lowest BCUT2D eigenvalue weighted by molar-refractivity contribution is 1.29. The van der Waals surface area contributed by atoms with Crippen LogP contribution in [-0.2, 0) is 0 Å². The van der Waals surface area contributed by atoms with Gasteiger partial charge in [-0.15, -0.1) is 11.3 Å². The number of rotatable bonds is 8. The fraction of sp³-hybridized carbons (Fsp3) is 0. The van der Waals surface area contributed by atoms with Crippen molar-refractivity contribution in [2.75, 3.05) is 4.90 Å². The summed E-state index contributed by atoms with van der Waals surface area (Å²) in [4.78, 5) is 2.46. The van der Waals surface area contributed by atoms with Crippen LogP contribution in [0.1, 0.15) is 0 Å². The summed E-state index contributed by atoms with van der Waals surface area (Å²) in [6.07, 6.45) is 0. The molecule has 0 spiro atoms. The van der Waals surface area contributed by atoms with Crippen molar-refractivity contribution in [1.82, 2.24) is 0 Å². The molecule has 11 aromatic carbocycles. The molecule has 12 rings (SSSR count). The Morgan fingerprint density at radius 1 is 0.250 bits per heavy atom. The maximum Gasteiger partial charge on any atom is 0.0540 e. The Labute approximate surface area is 377 Å². The van der Waals surface area contributed by atoms with Crippen molar-refractivity contribution in [1.29, 1.82) is 0 Å². The molecular formula is C62H41NS. The molecule has 0 aliphatic rings. The Kier molecular flexibility index (Phi) is 9.43. The molecule has 0 saturated heterocycles. The molecule has 300 valence electrons. The fourth-order valence-corrected chi connectivity index (χ4v) is 10.8. The van der Waals surface area contributed by atoms with Crippen LogP contribution >= 0.6 is 11.3 Å². The number of thiophene rings is 1. The number of fused-ring (bicyclic) bond motifs is 6. The number of hydrogen-bond donors (Lipinski definition) is 0. The quantitative estimate of drug-likeness (QED) is 0.138. The topological polar surface area (TPSA) is 3.24 Å². The third kappa shape index (κ3) is 6.64. The van der Waals surface area contributed by atoms with Crippen LogP contribution in [0.4, 0.5) is 17.1 Å². The molecule has 2 heteroatoms. The SMILES string of the molecule is c1ccc(-c2ccc(N(c3cccc(-c4ccc5c(c4)c(-c4ccccc4)c(-c4ccccc4)c4ccccc45)c3)c3ccc4sc5ccccc5c4c3)c(-c3ccccc3)c2)cc1. The van der Waals surface area contributed by atoms with Crippen LogP contribution in [0, 0.1) is 0 Å². The Morgan fingerprint density at radius 3 is 1.47 bits per heavy atom. The summed E-state index contributed by atoms with van der Waals surface area (Å²) in [6.45, 7) is 0. The van der Waals surface area contributed by atoms with Gasteiger partial charge in [0.25, 0.3) is 0 Å². The van der Waals surface area contributed by atoms with Crippen molar-refractivity contribution in [3.63, 3.8) is 0 Å². The van der Waals surface area contributed by atoms with E-state index in [2.05, 4.69) is 254 Å². The van der Waals surface area contributed by atoms with E-state index in [1.807, 2.05) is 11.3 Å². The third-order valence-corrected chi connectivity index (χ3v) is 13.8. The summed E-state index contributed by atoms with van der Waals surface area (Å²) in [5.74, 6) is 0. The summed E-state index contributed by atoms with van der Waals surface area (Å²) in [7, 11) is 0. The molecule has 0 saturated carbocycles. The average molecular weight is 832 g/mol. The van der Waals surface area contributed by atoms with Gasteiger partial charge in [0.15, 0.2) is 0 Å². The number of hydrogen-bond acceptors (Lipinski definition) is 2. The van der Waals surface area contributed by atoms with E-state index in [1.165, 1.54) is 91.8 Å². The minimum atomic E-state index is 1.09. The van der Waals surface area contributed by atoms with Crippen molar-refractivity contribution >= 4 is 70.1 Å². The van der Waals surface area contributed by atoms with Gasteiger partial charge in [-0.2, -0.15) is 0 Å². The number of nitrogens with zero attached hydrogens (tertiary/aromatic N) is 1. The largest absolute Gasteiger partial charge is 0.310 e. The predicted molar refractivity (Wildman–Crippen MR) is 276 cm³/mol. The van der Waals surface area contributed by atoms with Gasteiger partial charge in [-0.3, -0.25) is 0 Å². The lowest BCUT2D eigenvalue weighted by Crippen LogP contribution is -2.11. The zero-order chi connectivity index (χ0) is 42.4. The summed E-state index contributed by atoms with van der Waals surface area (Å²) >= 11 is 1.85. The lowest BCUT2D eigenvalue weighted by Gasteiger charge is -2.29. The van der Waals surface area contributed by atoms with Gasteiger partial charge in [0.2, 0.25) is 0 Å². The Bertz CT molecular complexity index is 3650. The van der Waals surface area contributed by atoms with Crippen molar-refractivity contribution < 1.29 is 0 Å². The first kappa shape index (κ1) is 37.7. The highest BCUT2D eigenvalue weighted by Gasteiger charge is 2.22. The van der Waals surface area contributed by atoms with Crippen LogP contribution in [0.25, 0.3) is 97.4 Å². The molecule has 1 heterocycles. The molecule has 0 atom stereocenters. The molecule has 0 radical (unpaired) electrons. The normalized spacial score (nSPS) is 11.4. The van der Waals surface area contributed by atoms with Gasteiger partial charge in [-0.25, -0.2) is 0 Å². The van der Waals surface area contributed by atoms with Crippen LogP contribution in [0.5, 0.6) is 0 Å². The maximum absolute atomic E-state index is 2.46. The van der Waals surface area contributed by atoms with E-state index < -0.39 is 0 Å². The monoisotopic (exact) mass is 831 g/mol. The molecule has 1 aromatic heterocycles. The second-order valence-electron chi connectivity index (χ2n) is 16.4. The minimum Gasteiger partial charge on any atom is -0.310 e. The van der Waals surface area contributed by atoms with E-state index in [9.17, 15) is 0 Å². The average Bonchev–Trinajstić information content (AvgIpc) is 3.75. The van der Waals surface area contributed by atoms with Crippen molar-refractivity contribution in [3.05, 3.63) is 249 Å². The maximum atomic E-state index is 2.46. The third-order valence-electron chi connectivity index (χ3n) is 12.6. The Hall–Kier alpha value is -8.04. The molecule has 0 unspecified atom stereocenters. The predicted octanol–water partition coefficient (Wildman–Crippen LogP) is 18.2. The number of anilines is 3. The zero-order valence-electron chi connectivity index (χ0n) is 35.0. The van der Waals surface area contributed by atoms with E-state index >= 15 is 0 Å². The van der Waals surface area contributed by atoms with Crippen LogP contribution in [0.2, 0.25) is 0 Å². The second kappa shape index (κ2) is 16.0. The van der Waals surface area contributed by atoms with Gasteiger partial charge in [0, 0.05) is 37.1 Å². The van der Waals surface area contributed by atoms with Crippen LogP contribution < -0.4 is 4.90 Å². The van der Waals surface area contributed by atoms with Crippen molar-refractivity contribution in [2.45, 2.75) is 0 Å². The Balaban J connectivity index is 1.09. The van der Waals surface area contributed by atoms with Crippen LogP contribution in [0.15, 0.2) is 249 Å². The van der Waals surface area contributed by atoms with E-state index in [1.54, 1.807) is 0 Å². The lowest BCUT2D eigenvalue weighted by atomic mass is 9.84. The molecule has 0 aliphatic carbocycles. The van der Waals surface area contributed by atoms with Gasteiger partial charge < -0.3 is 4.90 Å². The second-order valence-corrected chi connectivity index (χ2v) is 17.5. The summed E-state index contributed by atoms with van der Waals surface area (Å²) < 4.78 is 2.59. The number of benzene rings is 11. The van der Waals surface area contributed by atoms with E-state index in [4.69, 9.17) is 0 Å². The zero-order valence-corrected chi connectivity index (χ0v) is 35.8. The summed E-state index contributed by atoms with van der Waals surface area (Å²) in [5, 5.41) is 7.55. The van der Waals surface area contributed by atoms with E-state index in [0.717, 1.165) is 22.6 Å². The molecule has 0 bridgehead atoms. The Morgan fingerprint density at radius 2 is 0.750 bits per heavy atom. The molecule has 0 aliphatic heterocycles. The molecule has 1 nitrogen and oxygen atoms in total. The summed E-state index contributed by atoms with van der Waals surface area (Å²) in [5.41, 5.74) is 15.3. The van der Waals surface area contributed by atoms with Crippen molar-refractivity contribution in [3.8, 4) is 55.6 Å². The highest BCUT2D eigenvalue weighted by atomic mass is 32.1. The van der Waals surface area contributed by atoms with Gasteiger partial charge >= 0.3 is 0 Å². The van der Waals surface area contributed by atoms with Gasteiger partial charge in [-0.1, -0.05) is 194 Å². The smallest absolute Gasteiger partial charge is 0.0540 e. The molecule has 0 amide bonds. The minimum absolute atomic E-state index is 1.09.